The van der Waals surface area contributed by atoms with Gasteiger partial charge in [0.15, 0.2) is 0 Å². The fourth-order valence-electron chi connectivity index (χ4n) is 2.43. The zero-order valence-corrected chi connectivity index (χ0v) is 12.9. The van der Waals surface area contributed by atoms with E-state index in [-0.39, 0.29) is 0 Å². The van der Waals surface area contributed by atoms with Crippen LogP contribution in [-0.2, 0) is 0 Å². The Morgan fingerprint density at radius 2 is 1.81 bits per heavy atom. The average Bonchev–Trinajstić information content (AvgIpc) is 2.36. The highest BCUT2D eigenvalue weighted by Crippen LogP contribution is 2.29. The van der Waals surface area contributed by atoms with Crippen LogP contribution in [0.4, 0.5) is 11.6 Å². The minimum absolute atomic E-state index is 0.374. The van der Waals surface area contributed by atoms with Crippen LogP contribution < -0.4 is 9.80 Å². The van der Waals surface area contributed by atoms with Crippen LogP contribution in [0.1, 0.15) is 23.1 Å². The molecule has 0 unspecified atom stereocenters. The van der Waals surface area contributed by atoms with Crippen molar-refractivity contribution in [2.75, 3.05) is 37.0 Å². The molecule has 21 heavy (non-hydrogen) atoms. The van der Waals surface area contributed by atoms with E-state index in [1.54, 1.807) is 6.33 Å². The molecule has 3 heterocycles. The molecule has 0 radical (unpaired) electrons. The van der Waals surface area contributed by atoms with Crippen molar-refractivity contribution in [3.05, 3.63) is 35.7 Å². The van der Waals surface area contributed by atoms with Crippen LogP contribution in [0.2, 0.25) is 0 Å². The number of rotatable bonds is 3. The van der Waals surface area contributed by atoms with Crippen molar-refractivity contribution in [3.63, 3.8) is 0 Å². The van der Waals surface area contributed by atoms with Gasteiger partial charge < -0.3 is 9.80 Å². The molecule has 2 aromatic heterocycles. The van der Waals surface area contributed by atoms with Gasteiger partial charge in [-0.15, -0.1) is 0 Å². The molecule has 0 bridgehead atoms. The van der Waals surface area contributed by atoms with Gasteiger partial charge >= 0.3 is 0 Å². The maximum absolute atomic E-state index is 4.66. The van der Waals surface area contributed by atoms with E-state index in [9.17, 15) is 0 Å². The van der Waals surface area contributed by atoms with E-state index in [0.717, 1.165) is 41.9 Å². The van der Waals surface area contributed by atoms with Gasteiger partial charge in [-0.1, -0.05) is 0 Å². The molecule has 0 saturated carbocycles. The van der Waals surface area contributed by atoms with E-state index in [4.69, 9.17) is 0 Å². The Hall–Kier alpha value is -2.24. The summed E-state index contributed by atoms with van der Waals surface area (Å²) in [5.41, 5.74) is 2.00. The van der Waals surface area contributed by atoms with Crippen molar-refractivity contribution in [2.24, 2.45) is 0 Å². The van der Waals surface area contributed by atoms with Gasteiger partial charge in [0.25, 0.3) is 0 Å². The monoisotopic (exact) mass is 284 g/mol. The summed E-state index contributed by atoms with van der Waals surface area (Å²) in [5.74, 6) is 3.26. The van der Waals surface area contributed by atoms with Gasteiger partial charge in [0, 0.05) is 50.7 Å². The Labute approximate surface area is 124 Å². The molecule has 3 rings (SSSR count). The van der Waals surface area contributed by atoms with E-state index in [2.05, 4.69) is 24.8 Å². The van der Waals surface area contributed by atoms with E-state index < -0.39 is 0 Å². The molecule has 2 aromatic rings. The maximum Gasteiger partial charge on any atom is 0.137 e. The SMILES string of the molecule is Cc1cc(N2CC(c3nc(C)cc(N(C)C)n3)C2)ncn1. The Bertz CT molecular complexity index is 648. The van der Waals surface area contributed by atoms with Gasteiger partial charge in [-0.3, -0.25) is 0 Å². The Kier molecular flexibility index (Phi) is 3.45. The van der Waals surface area contributed by atoms with E-state index in [1.165, 1.54) is 0 Å². The van der Waals surface area contributed by atoms with Crippen molar-refractivity contribution in [2.45, 2.75) is 19.8 Å². The number of anilines is 2. The number of hydrogen-bond acceptors (Lipinski definition) is 6. The Morgan fingerprint density at radius 3 is 2.48 bits per heavy atom. The van der Waals surface area contributed by atoms with Crippen molar-refractivity contribution in [1.29, 1.82) is 0 Å². The third-order valence-corrected chi connectivity index (χ3v) is 3.68. The molecular formula is C15H20N6. The number of nitrogens with zero attached hydrogens (tertiary/aromatic N) is 6. The zero-order valence-electron chi connectivity index (χ0n) is 12.9. The van der Waals surface area contributed by atoms with Gasteiger partial charge in [-0.2, -0.15) is 0 Å². The topological polar surface area (TPSA) is 58.0 Å². The summed E-state index contributed by atoms with van der Waals surface area (Å²) >= 11 is 0. The van der Waals surface area contributed by atoms with Crippen LogP contribution in [0, 0.1) is 13.8 Å². The van der Waals surface area contributed by atoms with Gasteiger partial charge in [0.05, 0.1) is 5.92 Å². The predicted molar refractivity (Wildman–Crippen MR) is 82.8 cm³/mol. The largest absolute Gasteiger partial charge is 0.363 e. The molecule has 1 saturated heterocycles. The highest BCUT2D eigenvalue weighted by Gasteiger charge is 2.31. The molecule has 1 fully saturated rings. The fraction of sp³-hybridized carbons (Fsp3) is 0.467. The Morgan fingerprint density at radius 1 is 1.05 bits per heavy atom. The smallest absolute Gasteiger partial charge is 0.137 e. The predicted octanol–water partition coefficient (Wildman–Crippen LogP) is 1.55. The zero-order chi connectivity index (χ0) is 15.0. The lowest BCUT2D eigenvalue weighted by molar-refractivity contribution is 0.494. The molecule has 0 aliphatic carbocycles. The van der Waals surface area contributed by atoms with Crippen LogP contribution in [0.5, 0.6) is 0 Å². The van der Waals surface area contributed by atoms with Gasteiger partial charge in [-0.25, -0.2) is 19.9 Å². The summed E-state index contributed by atoms with van der Waals surface area (Å²) in [6.07, 6.45) is 1.62. The minimum Gasteiger partial charge on any atom is -0.363 e. The second kappa shape index (κ2) is 5.27. The first-order chi connectivity index (χ1) is 10.0. The summed E-state index contributed by atoms with van der Waals surface area (Å²) < 4.78 is 0. The lowest BCUT2D eigenvalue weighted by atomic mass is 9.99. The molecule has 110 valence electrons. The summed E-state index contributed by atoms with van der Waals surface area (Å²) in [6.45, 7) is 5.82. The minimum atomic E-state index is 0.374. The molecular weight excluding hydrogens is 264 g/mol. The van der Waals surface area contributed by atoms with Crippen molar-refractivity contribution < 1.29 is 0 Å². The van der Waals surface area contributed by atoms with Crippen LogP contribution in [0.25, 0.3) is 0 Å². The molecule has 0 aromatic carbocycles. The first-order valence-electron chi connectivity index (χ1n) is 7.09. The molecule has 6 nitrogen and oxygen atoms in total. The van der Waals surface area contributed by atoms with E-state index in [1.807, 2.05) is 45.0 Å². The second-order valence-electron chi connectivity index (χ2n) is 5.74. The summed E-state index contributed by atoms with van der Waals surface area (Å²) in [6, 6.07) is 4.02. The third-order valence-electron chi connectivity index (χ3n) is 3.68. The first-order valence-corrected chi connectivity index (χ1v) is 7.09. The van der Waals surface area contributed by atoms with Gasteiger partial charge in [0.1, 0.15) is 23.8 Å². The van der Waals surface area contributed by atoms with Gasteiger partial charge in [-0.05, 0) is 13.8 Å². The van der Waals surface area contributed by atoms with Crippen molar-refractivity contribution in [3.8, 4) is 0 Å². The quantitative estimate of drug-likeness (QED) is 0.852. The first kappa shape index (κ1) is 13.7. The maximum atomic E-state index is 4.66. The Balaban J connectivity index is 1.74. The van der Waals surface area contributed by atoms with Crippen molar-refractivity contribution in [1.82, 2.24) is 19.9 Å². The van der Waals surface area contributed by atoms with Crippen LogP contribution in [0.3, 0.4) is 0 Å². The van der Waals surface area contributed by atoms with Crippen LogP contribution in [0.15, 0.2) is 18.5 Å². The fourth-order valence-corrected chi connectivity index (χ4v) is 2.43. The molecule has 0 spiro atoms. The van der Waals surface area contributed by atoms with E-state index >= 15 is 0 Å². The lowest BCUT2D eigenvalue weighted by Gasteiger charge is -2.39. The van der Waals surface area contributed by atoms with Gasteiger partial charge in [0.2, 0.25) is 0 Å². The molecule has 0 N–H and O–H groups in total. The summed E-state index contributed by atoms with van der Waals surface area (Å²) in [4.78, 5) is 21.9. The van der Waals surface area contributed by atoms with Crippen LogP contribution >= 0.6 is 0 Å². The molecule has 0 amide bonds. The van der Waals surface area contributed by atoms with E-state index in [0.29, 0.717) is 5.92 Å². The number of aryl methyl sites for hydroxylation is 2. The number of aromatic nitrogens is 4. The standard InChI is InChI=1S/C15H20N6/c1-10-5-13(17-9-16-10)21-7-12(8-21)15-18-11(2)6-14(19-15)20(3)4/h5-6,9,12H,7-8H2,1-4H3. The van der Waals surface area contributed by atoms with Crippen LogP contribution in [-0.4, -0.2) is 47.1 Å². The second-order valence-corrected chi connectivity index (χ2v) is 5.74. The average molecular weight is 284 g/mol. The molecule has 0 atom stereocenters. The number of hydrogen-bond donors (Lipinski definition) is 0. The molecule has 1 aliphatic heterocycles. The summed E-state index contributed by atoms with van der Waals surface area (Å²) in [5, 5.41) is 0. The van der Waals surface area contributed by atoms with Crippen molar-refractivity contribution >= 4 is 11.6 Å². The molecule has 1 aliphatic rings. The highest BCUT2D eigenvalue weighted by atomic mass is 15.3. The summed E-state index contributed by atoms with van der Waals surface area (Å²) in [7, 11) is 4.00. The normalized spacial score (nSPS) is 15.0. The molecule has 6 heteroatoms. The lowest BCUT2D eigenvalue weighted by Crippen LogP contribution is -2.46. The highest BCUT2D eigenvalue weighted by molar-refractivity contribution is 5.45. The third kappa shape index (κ3) is 2.79.